The summed E-state index contributed by atoms with van der Waals surface area (Å²) in [5, 5.41) is 14.9. The van der Waals surface area contributed by atoms with Gasteiger partial charge in [-0.15, -0.1) is 11.3 Å². The molecule has 1 aliphatic heterocycles. The molecule has 0 aliphatic carbocycles. The first kappa shape index (κ1) is 38.0. The summed E-state index contributed by atoms with van der Waals surface area (Å²) >= 11 is 2.97. The van der Waals surface area contributed by atoms with Gasteiger partial charge in [-0.1, -0.05) is 30.3 Å². The Morgan fingerprint density at radius 3 is 2.37 bits per heavy atom. The van der Waals surface area contributed by atoms with Crippen molar-refractivity contribution < 1.29 is 36.4 Å². The van der Waals surface area contributed by atoms with Crippen molar-refractivity contribution in [1.82, 2.24) is 25.2 Å². The highest BCUT2D eigenvalue weighted by molar-refractivity contribution is 14.1. The number of likely N-dealkylation sites (tertiary alicyclic amines) is 1. The van der Waals surface area contributed by atoms with Crippen LogP contribution in [0, 0.1) is 11.3 Å². The van der Waals surface area contributed by atoms with Crippen molar-refractivity contribution in [2.45, 2.75) is 12.8 Å². The number of carbonyl (C=O) groups is 3. The normalized spacial score (nSPS) is 12.9. The van der Waals surface area contributed by atoms with E-state index in [0.717, 1.165) is 22.5 Å². The number of halogens is 1. The van der Waals surface area contributed by atoms with Gasteiger partial charge in [-0.05, 0) is 24.0 Å². The molecular formula is C35H37IN6O8S. The molecule has 1 fully saturated rings. The van der Waals surface area contributed by atoms with Crippen LogP contribution in [-0.2, 0) is 22.1 Å². The van der Waals surface area contributed by atoms with Crippen molar-refractivity contribution in [2.24, 2.45) is 0 Å². The molecule has 16 heteroatoms. The summed E-state index contributed by atoms with van der Waals surface area (Å²) in [5.74, 6) is -1.38. The fourth-order valence-electron chi connectivity index (χ4n) is 5.52. The quantitative estimate of drug-likeness (QED) is 0.0470. The lowest BCUT2D eigenvalue weighted by Crippen LogP contribution is -2.40. The molecule has 268 valence electrons. The number of nitrogens with one attached hydrogen (secondary N) is 2. The number of aromatic nitrogens is 3. The Morgan fingerprint density at radius 1 is 1.02 bits per heavy atom. The SMILES string of the molecule is COc1cnc(-c2csc(C(=O)NCCOCCOCCOCCOI)n2)c2[nH]cc(C(=O)C(=O)N3CCC(=C(C#N)c4ccccc4)CC3)c12. The van der Waals surface area contributed by atoms with Gasteiger partial charge in [0.25, 0.3) is 17.6 Å². The van der Waals surface area contributed by atoms with E-state index in [9.17, 15) is 19.6 Å². The highest BCUT2D eigenvalue weighted by atomic mass is 127. The van der Waals surface area contributed by atoms with E-state index in [-0.39, 0.29) is 23.0 Å². The molecule has 4 heterocycles. The van der Waals surface area contributed by atoms with Crippen LogP contribution in [0.1, 0.15) is 38.6 Å². The number of methoxy groups -OCH3 is 1. The lowest BCUT2D eigenvalue weighted by molar-refractivity contribution is -0.126. The van der Waals surface area contributed by atoms with Crippen molar-refractivity contribution in [1.29, 1.82) is 5.26 Å². The van der Waals surface area contributed by atoms with E-state index < -0.39 is 11.7 Å². The number of hydrogen-bond donors (Lipinski definition) is 2. The molecule has 1 aliphatic rings. The Bertz CT molecular complexity index is 1880. The van der Waals surface area contributed by atoms with Gasteiger partial charge in [0, 0.05) is 31.2 Å². The summed E-state index contributed by atoms with van der Waals surface area (Å²) < 4.78 is 26.7. The number of carbonyl (C=O) groups excluding carboxylic acids is 3. The molecule has 0 atom stereocenters. The Balaban J connectivity index is 1.17. The number of piperidine rings is 1. The molecule has 0 spiro atoms. The van der Waals surface area contributed by atoms with E-state index in [1.807, 2.05) is 53.3 Å². The maximum Gasteiger partial charge on any atom is 0.295 e. The third kappa shape index (κ3) is 9.75. The van der Waals surface area contributed by atoms with E-state index in [2.05, 4.69) is 26.3 Å². The van der Waals surface area contributed by atoms with Gasteiger partial charge in [0.05, 0.1) is 87.7 Å². The third-order valence-corrected chi connectivity index (χ3v) is 9.32. The highest BCUT2D eigenvalue weighted by Crippen LogP contribution is 2.35. The van der Waals surface area contributed by atoms with Gasteiger partial charge in [-0.25, -0.2) is 9.97 Å². The zero-order valence-corrected chi connectivity index (χ0v) is 30.9. The predicted octanol–water partition coefficient (Wildman–Crippen LogP) is 4.62. The number of allylic oxidation sites excluding steroid dienone is 1. The van der Waals surface area contributed by atoms with Crippen LogP contribution in [-0.4, -0.2) is 110 Å². The lowest BCUT2D eigenvalue weighted by atomic mass is 9.93. The lowest BCUT2D eigenvalue weighted by Gasteiger charge is -2.28. The molecule has 1 aromatic carbocycles. The molecule has 0 bridgehead atoms. The van der Waals surface area contributed by atoms with Gasteiger partial charge in [0.2, 0.25) is 0 Å². The van der Waals surface area contributed by atoms with Crippen LogP contribution in [0.4, 0.5) is 0 Å². The predicted molar refractivity (Wildman–Crippen MR) is 198 cm³/mol. The molecule has 0 unspecified atom stereocenters. The maximum atomic E-state index is 13.6. The fourth-order valence-corrected chi connectivity index (χ4v) is 6.42. The summed E-state index contributed by atoms with van der Waals surface area (Å²) in [4.78, 5) is 53.5. The Morgan fingerprint density at radius 2 is 1.71 bits per heavy atom. The number of aromatic amines is 1. The average molecular weight is 829 g/mol. The number of ether oxygens (including phenoxy) is 4. The fraction of sp³-hybridized carbons (Fsp3) is 0.371. The van der Waals surface area contributed by atoms with Crippen LogP contribution < -0.4 is 10.1 Å². The first-order valence-corrected chi connectivity index (χ1v) is 18.0. The highest BCUT2D eigenvalue weighted by Gasteiger charge is 2.30. The van der Waals surface area contributed by atoms with Crippen molar-refractivity contribution in [2.75, 3.05) is 73.0 Å². The Labute approximate surface area is 312 Å². The average Bonchev–Trinajstić information content (AvgIpc) is 3.84. The van der Waals surface area contributed by atoms with Gasteiger partial charge < -0.3 is 37.2 Å². The number of hydrogen-bond acceptors (Lipinski definition) is 12. The molecule has 0 saturated carbocycles. The van der Waals surface area contributed by atoms with Gasteiger partial charge >= 0.3 is 0 Å². The minimum atomic E-state index is -0.688. The van der Waals surface area contributed by atoms with E-state index >= 15 is 0 Å². The van der Waals surface area contributed by atoms with Gasteiger partial charge in [0.15, 0.2) is 5.01 Å². The van der Waals surface area contributed by atoms with E-state index in [1.54, 1.807) is 5.38 Å². The van der Waals surface area contributed by atoms with Crippen LogP contribution >= 0.6 is 34.3 Å². The third-order valence-electron chi connectivity index (χ3n) is 8.04. The van der Waals surface area contributed by atoms with Crippen LogP contribution in [0.5, 0.6) is 5.75 Å². The molecule has 3 aromatic heterocycles. The summed E-state index contributed by atoms with van der Waals surface area (Å²) in [7, 11) is 1.46. The van der Waals surface area contributed by atoms with Crippen LogP contribution in [0.2, 0.25) is 0 Å². The van der Waals surface area contributed by atoms with Gasteiger partial charge in [0.1, 0.15) is 40.1 Å². The topological polar surface area (TPSA) is 178 Å². The Hall–Kier alpha value is -4.25. The minimum absolute atomic E-state index is 0.146. The number of rotatable bonds is 18. The molecule has 2 amide bonds. The summed E-state index contributed by atoms with van der Waals surface area (Å²) in [6, 6.07) is 11.7. The zero-order chi connectivity index (χ0) is 36.0. The molecule has 1 saturated heterocycles. The van der Waals surface area contributed by atoms with Crippen molar-refractivity contribution >= 4 is 68.4 Å². The van der Waals surface area contributed by atoms with Crippen LogP contribution in [0.15, 0.2) is 53.7 Å². The second-order valence-electron chi connectivity index (χ2n) is 11.1. The smallest absolute Gasteiger partial charge is 0.295 e. The van der Waals surface area contributed by atoms with Crippen LogP contribution in [0.3, 0.4) is 0 Å². The molecule has 14 nitrogen and oxygen atoms in total. The molecule has 2 N–H and O–H groups in total. The number of Topliss-reactive ketones (excluding diaryl/α,β-unsaturated/α-hetero) is 1. The van der Waals surface area contributed by atoms with E-state index in [1.165, 1.54) is 24.4 Å². The first-order valence-electron chi connectivity index (χ1n) is 16.2. The van der Waals surface area contributed by atoms with E-state index in [0.29, 0.717) is 106 Å². The Kier molecular flexibility index (Phi) is 14.4. The standard InChI is InChI=1S/C35H37IN6O8S/c1-46-28-21-40-30(27-22-51-34(41-27)33(44)38-9-12-47-13-14-48-15-16-49-17-18-50-36)31-29(28)26(20-39-31)32(43)35(45)42-10-7-24(8-11-42)25(19-37)23-5-3-2-4-6-23/h2-6,20-22,39H,7-18H2,1H3,(H,38,44). The zero-order valence-electron chi connectivity index (χ0n) is 27.9. The molecule has 0 radical (unpaired) electrons. The van der Waals surface area contributed by atoms with Crippen molar-refractivity contribution in [3.8, 4) is 23.2 Å². The van der Waals surface area contributed by atoms with Gasteiger partial charge in [-0.2, -0.15) is 5.26 Å². The molecule has 5 rings (SSSR count). The summed E-state index contributed by atoms with van der Waals surface area (Å²) in [6.07, 6.45) is 3.93. The molecule has 51 heavy (non-hydrogen) atoms. The monoisotopic (exact) mass is 828 g/mol. The summed E-state index contributed by atoms with van der Waals surface area (Å²) in [6.45, 7) is 4.01. The number of benzene rings is 1. The number of thiazole rings is 1. The number of ketones is 1. The minimum Gasteiger partial charge on any atom is -0.494 e. The number of fused-ring (bicyclic) bond motifs is 1. The first-order chi connectivity index (χ1) is 25.0. The number of nitriles is 1. The van der Waals surface area contributed by atoms with Crippen LogP contribution in [0.25, 0.3) is 27.9 Å². The van der Waals surface area contributed by atoms with E-state index in [4.69, 9.17) is 22.0 Å². The second kappa shape index (κ2) is 19.4. The number of amides is 2. The largest absolute Gasteiger partial charge is 0.494 e. The maximum absolute atomic E-state index is 13.6. The van der Waals surface area contributed by atoms with Crippen molar-refractivity contribution in [3.05, 3.63) is 69.8 Å². The number of nitrogens with zero attached hydrogens (tertiary/aromatic N) is 4. The van der Waals surface area contributed by atoms with Gasteiger partial charge in [-0.3, -0.25) is 14.4 Å². The molecule has 4 aromatic rings. The molecular weight excluding hydrogens is 791 g/mol. The van der Waals surface area contributed by atoms with Crippen molar-refractivity contribution in [3.63, 3.8) is 0 Å². The second-order valence-corrected chi connectivity index (χ2v) is 12.6. The summed E-state index contributed by atoms with van der Waals surface area (Å²) in [5.41, 5.74) is 3.83. The number of pyridine rings is 1. The number of H-pyrrole nitrogens is 1.